The summed E-state index contributed by atoms with van der Waals surface area (Å²) in [6.07, 6.45) is 10.5. The molecule has 0 spiro atoms. The van der Waals surface area contributed by atoms with Crippen molar-refractivity contribution in [2.24, 2.45) is 0 Å². The van der Waals surface area contributed by atoms with Gasteiger partial charge < -0.3 is 24.8 Å². The monoisotopic (exact) mass is 440 g/mol. The highest BCUT2D eigenvalue weighted by Crippen LogP contribution is 2.14. The number of hydrogen-bond acceptors (Lipinski definition) is 5. The van der Waals surface area contributed by atoms with Gasteiger partial charge in [-0.25, -0.2) is 0 Å². The molecule has 2 atom stereocenters. The summed E-state index contributed by atoms with van der Waals surface area (Å²) >= 11 is 0. The van der Waals surface area contributed by atoms with Crippen molar-refractivity contribution in [3.63, 3.8) is 0 Å². The van der Waals surface area contributed by atoms with Gasteiger partial charge in [0.05, 0.1) is 25.4 Å². The fourth-order valence-electron chi connectivity index (χ4n) is 2.86. The Morgan fingerprint density at radius 1 is 0.774 bits per heavy atom. The van der Waals surface area contributed by atoms with Crippen LogP contribution in [0.5, 0.6) is 0 Å². The molecule has 7 nitrogen and oxygen atoms in total. The number of amides is 2. The topological polar surface area (TPSA) is 85.9 Å². The van der Waals surface area contributed by atoms with E-state index >= 15 is 0 Å². The molecule has 7 heteroatoms. The number of hydrogen-bond donors (Lipinski definition) is 2. The summed E-state index contributed by atoms with van der Waals surface area (Å²) in [6, 6.07) is 0. The van der Waals surface area contributed by atoms with E-state index in [-0.39, 0.29) is 24.0 Å². The molecule has 2 unspecified atom stereocenters. The second-order valence-electron chi connectivity index (χ2n) is 7.51. The summed E-state index contributed by atoms with van der Waals surface area (Å²) in [4.78, 5) is 22.3. The molecule has 0 radical (unpaired) electrons. The van der Waals surface area contributed by atoms with E-state index in [0.29, 0.717) is 39.5 Å². The predicted molar refractivity (Wildman–Crippen MR) is 125 cm³/mol. The first kappa shape index (κ1) is 29.3. The highest BCUT2D eigenvalue weighted by atomic mass is 16.6. The van der Waals surface area contributed by atoms with E-state index in [1.54, 1.807) is 0 Å². The third-order valence-corrected chi connectivity index (χ3v) is 4.65. The molecular formula is C24H44N2O5. The number of ether oxygens (including phenoxy) is 3. The summed E-state index contributed by atoms with van der Waals surface area (Å²) in [5.74, 6) is -0.322. The van der Waals surface area contributed by atoms with Gasteiger partial charge in [0.2, 0.25) is 11.8 Å². The quantitative estimate of drug-likeness (QED) is 0.199. The van der Waals surface area contributed by atoms with E-state index in [4.69, 9.17) is 14.2 Å². The van der Waals surface area contributed by atoms with Crippen LogP contribution in [0.25, 0.3) is 0 Å². The van der Waals surface area contributed by atoms with Crippen LogP contribution in [0.3, 0.4) is 0 Å². The van der Waals surface area contributed by atoms with Gasteiger partial charge in [-0.05, 0) is 37.8 Å². The smallest absolute Gasteiger partial charge is 0.243 e. The fraction of sp³-hybridized carbons (Fsp3) is 0.750. The second-order valence-corrected chi connectivity index (χ2v) is 7.51. The van der Waals surface area contributed by atoms with Gasteiger partial charge in [-0.2, -0.15) is 0 Å². The van der Waals surface area contributed by atoms with Gasteiger partial charge in [0, 0.05) is 26.3 Å². The highest BCUT2D eigenvalue weighted by Gasteiger charge is 2.17. The average Bonchev–Trinajstić information content (AvgIpc) is 2.78. The van der Waals surface area contributed by atoms with Crippen LogP contribution in [0.15, 0.2) is 25.3 Å². The molecular weight excluding hydrogens is 396 g/mol. The van der Waals surface area contributed by atoms with Crippen LogP contribution in [0.1, 0.15) is 65.2 Å². The third kappa shape index (κ3) is 18.8. The molecule has 0 aromatic rings. The van der Waals surface area contributed by atoms with Crippen LogP contribution in [-0.4, -0.2) is 63.5 Å². The molecule has 180 valence electrons. The van der Waals surface area contributed by atoms with E-state index in [9.17, 15) is 9.59 Å². The van der Waals surface area contributed by atoms with Crippen LogP contribution in [-0.2, 0) is 23.8 Å². The van der Waals surface area contributed by atoms with Crippen LogP contribution >= 0.6 is 0 Å². The van der Waals surface area contributed by atoms with Gasteiger partial charge in [-0.3, -0.25) is 9.59 Å². The molecule has 0 aliphatic rings. The average molecular weight is 441 g/mol. The number of unbranched alkanes of at least 4 members (excludes halogenated alkanes) is 2. The molecule has 0 saturated carbocycles. The molecule has 31 heavy (non-hydrogen) atoms. The molecule has 2 N–H and O–H groups in total. The van der Waals surface area contributed by atoms with Crippen molar-refractivity contribution in [3.8, 4) is 0 Å². The van der Waals surface area contributed by atoms with Crippen LogP contribution in [0, 0.1) is 0 Å². The molecule has 0 aromatic carbocycles. The van der Waals surface area contributed by atoms with Crippen molar-refractivity contribution in [2.45, 2.75) is 77.4 Å². The number of nitrogens with one attached hydrogen (secondary N) is 2. The summed E-state index contributed by atoms with van der Waals surface area (Å²) < 4.78 is 18.0. The molecule has 0 saturated heterocycles. The summed E-state index contributed by atoms with van der Waals surface area (Å²) in [6.45, 7) is 14.6. The van der Waals surface area contributed by atoms with Gasteiger partial charge in [-0.15, -0.1) is 0 Å². The zero-order chi connectivity index (χ0) is 23.2. The molecule has 0 rings (SSSR count). The molecule has 0 aliphatic heterocycles. The van der Waals surface area contributed by atoms with E-state index in [2.05, 4.69) is 37.6 Å². The lowest BCUT2D eigenvalue weighted by molar-refractivity contribution is -0.117. The Balaban J connectivity index is 4.30. The lowest BCUT2D eigenvalue weighted by atomic mass is 10.1. The Morgan fingerprint density at radius 3 is 1.55 bits per heavy atom. The molecule has 0 aliphatic carbocycles. The van der Waals surface area contributed by atoms with Crippen molar-refractivity contribution >= 4 is 11.8 Å². The van der Waals surface area contributed by atoms with Crippen molar-refractivity contribution < 1.29 is 23.8 Å². The van der Waals surface area contributed by atoms with Gasteiger partial charge in [0.15, 0.2) is 0 Å². The van der Waals surface area contributed by atoms with Crippen LogP contribution in [0.2, 0.25) is 0 Å². The Kier molecular flexibility index (Phi) is 20.3. The first-order chi connectivity index (χ1) is 15.1. The second kappa shape index (κ2) is 21.5. The lowest BCUT2D eigenvalue weighted by Gasteiger charge is -2.25. The van der Waals surface area contributed by atoms with E-state index in [1.165, 1.54) is 12.2 Å². The minimum Gasteiger partial charge on any atom is -0.379 e. The maximum absolute atomic E-state index is 11.1. The zero-order valence-corrected chi connectivity index (χ0v) is 19.7. The zero-order valence-electron chi connectivity index (χ0n) is 19.7. The summed E-state index contributed by atoms with van der Waals surface area (Å²) in [5.41, 5.74) is 0. The van der Waals surface area contributed by atoms with Gasteiger partial charge in [0.25, 0.3) is 0 Å². The first-order valence-corrected chi connectivity index (χ1v) is 11.7. The molecule has 0 heterocycles. The van der Waals surface area contributed by atoms with Gasteiger partial charge >= 0.3 is 0 Å². The van der Waals surface area contributed by atoms with Crippen molar-refractivity contribution in [2.75, 3.05) is 39.5 Å². The Hall–Kier alpha value is -1.70. The van der Waals surface area contributed by atoms with Crippen molar-refractivity contribution in [1.29, 1.82) is 0 Å². The lowest BCUT2D eigenvalue weighted by Crippen LogP contribution is -2.31. The number of carbonyl (C=O) groups excluding carboxylic acids is 2. The number of carbonyl (C=O) groups is 2. The Morgan fingerprint density at radius 2 is 1.19 bits per heavy atom. The maximum atomic E-state index is 11.1. The standard InChI is InChI=1S/C24H44N2O5/c1-5-9-13-21(19-29-17-11-15-25-23(27)7-3)31-22(14-10-6-2)20-30-18-12-16-26-24(28)8-4/h7-8,21-22H,3-6,9-20H2,1-2H3,(H,25,27)(H,26,28). The maximum Gasteiger partial charge on any atom is 0.243 e. The fourth-order valence-corrected chi connectivity index (χ4v) is 2.86. The van der Waals surface area contributed by atoms with Crippen molar-refractivity contribution in [1.82, 2.24) is 10.6 Å². The largest absolute Gasteiger partial charge is 0.379 e. The SMILES string of the molecule is C=CC(=O)NCCCOCC(CCCC)OC(CCCC)COCCCNC(=O)C=C. The first-order valence-electron chi connectivity index (χ1n) is 11.7. The van der Waals surface area contributed by atoms with Crippen molar-refractivity contribution in [3.05, 3.63) is 25.3 Å². The van der Waals surface area contributed by atoms with Gasteiger partial charge in [0.1, 0.15) is 0 Å². The van der Waals surface area contributed by atoms with Crippen LogP contribution in [0.4, 0.5) is 0 Å². The summed E-state index contributed by atoms with van der Waals surface area (Å²) in [7, 11) is 0. The van der Waals surface area contributed by atoms with E-state index < -0.39 is 0 Å². The molecule has 0 fully saturated rings. The van der Waals surface area contributed by atoms with E-state index in [0.717, 1.165) is 51.4 Å². The van der Waals surface area contributed by atoms with Gasteiger partial charge in [-0.1, -0.05) is 52.7 Å². The predicted octanol–water partition coefficient (Wildman–Crippen LogP) is 3.54. The van der Waals surface area contributed by atoms with E-state index in [1.807, 2.05) is 0 Å². The minimum absolute atomic E-state index is 0.0417. The molecule has 0 bridgehead atoms. The summed E-state index contributed by atoms with van der Waals surface area (Å²) in [5, 5.41) is 5.49. The third-order valence-electron chi connectivity index (χ3n) is 4.65. The Bertz CT molecular complexity index is 443. The normalized spacial score (nSPS) is 12.7. The Labute approximate surface area is 189 Å². The number of rotatable bonds is 22. The highest BCUT2D eigenvalue weighted by molar-refractivity contribution is 5.87. The minimum atomic E-state index is -0.161. The molecule has 2 amide bonds. The molecule has 0 aromatic heterocycles. The van der Waals surface area contributed by atoms with Crippen LogP contribution < -0.4 is 10.6 Å².